The van der Waals surface area contributed by atoms with Gasteiger partial charge in [-0.3, -0.25) is 9.52 Å². The van der Waals surface area contributed by atoms with E-state index in [0.717, 1.165) is 16.8 Å². The van der Waals surface area contributed by atoms with Gasteiger partial charge in [-0.15, -0.1) is 0 Å². The van der Waals surface area contributed by atoms with Gasteiger partial charge in [0.2, 0.25) is 5.91 Å². The lowest BCUT2D eigenvalue weighted by Crippen LogP contribution is -2.35. The topological polar surface area (TPSA) is 78.5 Å². The summed E-state index contributed by atoms with van der Waals surface area (Å²) >= 11 is 0. The number of rotatable bonds is 4. The van der Waals surface area contributed by atoms with E-state index in [-0.39, 0.29) is 11.9 Å². The van der Waals surface area contributed by atoms with Gasteiger partial charge in [0, 0.05) is 18.8 Å². The van der Waals surface area contributed by atoms with E-state index in [4.69, 9.17) is 0 Å². The third-order valence-corrected chi connectivity index (χ3v) is 4.41. The second-order valence-corrected chi connectivity index (χ2v) is 6.75. The van der Waals surface area contributed by atoms with Crippen LogP contribution in [0, 0.1) is 6.92 Å². The number of amides is 1. The van der Waals surface area contributed by atoms with Gasteiger partial charge in [-0.25, -0.2) is 0 Å². The monoisotopic (exact) mass is 297 g/mol. The normalized spacial score (nSPS) is 14.8. The van der Waals surface area contributed by atoms with Crippen molar-refractivity contribution in [3.63, 3.8) is 0 Å². The van der Waals surface area contributed by atoms with Crippen LogP contribution in [0.4, 0.5) is 11.4 Å². The summed E-state index contributed by atoms with van der Waals surface area (Å²) in [5.41, 5.74) is 2.96. The highest BCUT2D eigenvalue weighted by atomic mass is 32.2. The van der Waals surface area contributed by atoms with Gasteiger partial charge >= 0.3 is 0 Å². The predicted molar refractivity (Wildman–Crippen MR) is 79.1 cm³/mol. The standard InChI is InChI=1S/C13H19N3O3S/c1-8(2)14-20(18,19)15-11-6-10-7-13(17)16(4)12(10)5-9(11)3/h5-6,8,14-15H,7H2,1-4H3. The van der Waals surface area contributed by atoms with Crippen LogP contribution in [0.5, 0.6) is 0 Å². The van der Waals surface area contributed by atoms with Gasteiger partial charge in [-0.05, 0) is 44.0 Å². The first-order chi connectivity index (χ1) is 9.19. The van der Waals surface area contributed by atoms with Crippen LogP contribution in [-0.4, -0.2) is 27.4 Å². The van der Waals surface area contributed by atoms with Gasteiger partial charge in [-0.2, -0.15) is 13.1 Å². The molecule has 0 radical (unpaired) electrons. The number of hydrogen-bond donors (Lipinski definition) is 2. The van der Waals surface area contributed by atoms with Crippen LogP contribution in [0.25, 0.3) is 0 Å². The van der Waals surface area contributed by atoms with Crippen LogP contribution in [-0.2, 0) is 21.4 Å². The van der Waals surface area contributed by atoms with Crippen molar-refractivity contribution >= 4 is 27.5 Å². The molecule has 1 aromatic carbocycles. The number of anilines is 2. The number of fused-ring (bicyclic) bond motifs is 1. The number of nitrogens with zero attached hydrogens (tertiary/aromatic N) is 1. The van der Waals surface area contributed by atoms with E-state index in [1.54, 1.807) is 31.9 Å². The van der Waals surface area contributed by atoms with Gasteiger partial charge in [0.25, 0.3) is 10.2 Å². The van der Waals surface area contributed by atoms with Crippen LogP contribution in [0.15, 0.2) is 12.1 Å². The predicted octanol–water partition coefficient (Wildman–Crippen LogP) is 1.17. The molecule has 1 amide bonds. The summed E-state index contributed by atoms with van der Waals surface area (Å²) in [6.07, 6.45) is 0.304. The second kappa shape index (κ2) is 5.06. The maximum Gasteiger partial charge on any atom is 0.299 e. The summed E-state index contributed by atoms with van der Waals surface area (Å²) in [7, 11) is -1.88. The van der Waals surface area contributed by atoms with E-state index in [2.05, 4.69) is 9.44 Å². The lowest BCUT2D eigenvalue weighted by atomic mass is 10.1. The molecule has 0 aliphatic carbocycles. The van der Waals surface area contributed by atoms with Crippen LogP contribution >= 0.6 is 0 Å². The Morgan fingerprint density at radius 1 is 1.30 bits per heavy atom. The second-order valence-electron chi connectivity index (χ2n) is 5.30. The van der Waals surface area contributed by atoms with Crippen molar-refractivity contribution < 1.29 is 13.2 Å². The molecule has 0 saturated carbocycles. The molecule has 110 valence electrons. The van der Waals surface area contributed by atoms with Crippen molar-refractivity contribution in [2.75, 3.05) is 16.7 Å². The molecule has 1 aliphatic heterocycles. The van der Waals surface area contributed by atoms with Crippen molar-refractivity contribution in [1.29, 1.82) is 0 Å². The van der Waals surface area contributed by atoms with Crippen LogP contribution < -0.4 is 14.3 Å². The Morgan fingerprint density at radius 2 is 1.95 bits per heavy atom. The van der Waals surface area contributed by atoms with Gasteiger partial charge in [0.05, 0.1) is 12.1 Å². The SMILES string of the molecule is Cc1cc2c(cc1NS(=O)(=O)NC(C)C)CC(=O)N2C. The maximum absolute atomic E-state index is 11.9. The molecule has 20 heavy (non-hydrogen) atoms. The molecule has 0 bridgehead atoms. The zero-order valence-electron chi connectivity index (χ0n) is 12.0. The number of carbonyl (C=O) groups excluding carboxylic acids is 1. The van der Waals surface area contributed by atoms with Crippen LogP contribution in [0.1, 0.15) is 25.0 Å². The first-order valence-corrected chi connectivity index (χ1v) is 7.88. The molecule has 0 atom stereocenters. The van der Waals surface area contributed by atoms with E-state index in [1.165, 1.54) is 0 Å². The van der Waals surface area contributed by atoms with E-state index < -0.39 is 10.2 Å². The Kier molecular flexibility index (Phi) is 3.75. The van der Waals surface area contributed by atoms with Crippen molar-refractivity contribution in [1.82, 2.24) is 4.72 Å². The van der Waals surface area contributed by atoms with Crippen LogP contribution in [0.2, 0.25) is 0 Å². The number of likely N-dealkylation sites (N-methyl/N-ethyl adjacent to an activating group) is 1. The fraction of sp³-hybridized carbons (Fsp3) is 0.462. The molecule has 1 heterocycles. The highest BCUT2D eigenvalue weighted by Gasteiger charge is 2.25. The lowest BCUT2D eigenvalue weighted by molar-refractivity contribution is -0.117. The molecule has 0 aromatic heterocycles. The molecule has 0 fully saturated rings. The average Bonchev–Trinajstić information content (AvgIpc) is 2.54. The molecule has 2 rings (SSSR count). The maximum atomic E-state index is 11.9. The first kappa shape index (κ1) is 14.8. The minimum Gasteiger partial charge on any atom is -0.315 e. The summed E-state index contributed by atoms with van der Waals surface area (Å²) in [6.45, 7) is 5.31. The third kappa shape index (κ3) is 2.94. The summed E-state index contributed by atoms with van der Waals surface area (Å²) in [6, 6.07) is 3.37. The highest BCUT2D eigenvalue weighted by Crippen LogP contribution is 2.32. The third-order valence-electron chi connectivity index (χ3n) is 3.14. The smallest absolute Gasteiger partial charge is 0.299 e. The lowest BCUT2D eigenvalue weighted by Gasteiger charge is -2.16. The molecule has 0 spiro atoms. The number of hydrogen-bond acceptors (Lipinski definition) is 3. The Balaban J connectivity index is 2.32. The largest absolute Gasteiger partial charge is 0.315 e. The molecule has 2 N–H and O–H groups in total. The summed E-state index contributed by atoms with van der Waals surface area (Å²) in [5.74, 6) is 0.0136. The number of carbonyl (C=O) groups is 1. The molecule has 7 heteroatoms. The van der Waals surface area contributed by atoms with E-state index in [9.17, 15) is 13.2 Å². The highest BCUT2D eigenvalue weighted by molar-refractivity contribution is 7.90. The summed E-state index contributed by atoms with van der Waals surface area (Å²) < 4.78 is 28.8. The number of nitrogens with one attached hydrogen (secondary N) is 2. The zero-order valence-corrected chi connectivity index (χ0v) is 12.8. The number of aryl methyl sites for hydroxylation is 1. The van der Waals surface area contributed by atoms with Gasteiger partial charge in [-0.1, -0.05) is 0 Å². The Bertz CT molecular complexity index is 653. The van der Waals surface area contributed by atoms with Gasteiger partial charge in [0.15, 0.2) is 0 Å². The van der Waals surface area contributed by atoms with Crippen molar-refractivity contribution in [3.05, 3.63) is 23.3 Å². The Hall–Kier alpha value is -1.60. The van der Waals surface area contributed by atoms with E-state index in [1.807, 2.05) is 13.0 Å². The van der Waals surface area contributed by atoms with E-state index in [0.29, 0.717) is 12.1 Å². The first-order valence-electron chi connectivity index (χ1n) is 6.40. The molecule has 6 nitrogen and oxygen atoms in total. The van der Waals surface area contributed by atoms with Gasteiger partial charge in [0.1, 0.15) is 0 Å². The van der Waals surface area contributed by atoms with Crippen molar-refractivity contribution in [3.8, 4) is 0 Å². The number of benzene rings is 1. The van der Waals surface area contributed by atoms with Gasteiger partial charge < -0.3 is 4.90 Å². The molecular formula is C13H19N3O3S. The summed E-state index contributed by atoms with van der Waals surface area (Å²) in [5, 5.41) is 0. The Morgan fingerprint density at radius 3 is 2.55 bits per heavy atom. The molecule has 1 aliphatic rings. The molecule has 0 unspecified atom stereocenters. The van der Waals surface area contributed by atoms with Crippen molar-refractivity contribution in [2.24, 2.45) is 0 Å². The zero-order chi connectivity index (χ0) is 15.1. The Labute approximate surface area is 119 Å². The summed E-state index contributed by atoms with van der Waals surface area (Å²) in [4.78, 5) is 13.2. The molecular weight excluding hydrogens is 278 g/mol. The quantitative estimate of drug-likeness (QED) is 0.875. The fourth-order valence-corrected chi connectivity index (χ4v) is 3.39. The van der Waals surface area contributed by atoms with Crippen molar-refractivity contribution in [2.45, 2.75) is 33.2 Å². The molecule has 0 saturated heterocycles. The average molecular weight is 297 g/mol. The van der Waals surface area contributed by atoms with Crippen LogP contribution in [0.3, 0.4) is 0 Å². The molecule has 1 aromatic rings. The van der Waals surface area contributed by atoms with E-state index >= 15 is 0 Å². The minimum absolute atomic E-state index is 0.0136. The minimum atomic E-state index is -3.60. The fourth-order valence-electron chi connectivity index (χ4n) is 2.20.